The van der Waals surface area contributed by atoms with Gasteiger partial charge in [-0.1, -0.05) is 0 Å². The molecule has 0 aliphatic carbocycles. The lowest BCUT2D eigenvalue weighted by Crippen LogP contribution is -2.14. The Hall–Kier alpha value is -2.63. The smallest absolute Gasteiger partial charge is 0.259 e. The molecular weight excluding hydrogens is 244 g/mol. The molecule has 0 spiro atoms. The second-order valence-corrected chi connectivity index (χ2v) is 3.71. The number of carbonyl (C=O) groups excluding carboxylic acids is 1. The molecule has 0 unspecified atom stereocenters. The third-order valence-corrected chi connectivity index (χ3v) is 2.54. The lowest BCUT2D eigenvalue weighted by molar-refractivity contribution is 0.102. The van der Waals surface area contributed by atoms with Crippen LogP contribution in [-0.4, -0.2) is 30.0 Å². The fourth-order valence-electron chi connectivity index (χ4n) is 1.57. The van der Waals surface area contributed by atoms with Crippen LogP contribution >= 0.6 is 0 Å². The minimum absolute atomic E-state index is 0.246. The monoisotopic (exact) mass is 258 g/mol. The van der Waals surface area contributed by atoms with Crippen molar-refractivity contribution in [2.45, 2.75) is 0 Å². The van der Waals surface area contributed by atoms with Gasteiger partial charge in [-0.3, -0.25) is 9.78 Å². The molecule has 0 saturated heterocycles. The number of hydrogen-bond donors (Lipinski definition) is 2. The Morgan fingerprint density at radius 3 is 2.74 bits per heavy atom. The van der Waals surface area contributed by atoms with Crippen molar-refractivity contribution < 1.29 is 9.53 Å². The molecule has 6 heteroatoms. The summed E-state index contributed by atoms with van der Waals surface area (Å²) in [4.78, 5) is 20.1. The number of aromatic nitrogens is 2. The van der Waals surface area contributed by atoms with Gasteiger partial charge in [-0.25, -0.2) is 4.98 Å². The summed E-state index contributed by atoms with van der Waals surface area (Å²) >= 11 is 0. The number of nitrogens with one attached hydrogen (secondary N) is 2. The van der Waals surface area contributed by atoms with Crippen LogP contribution in [0.4, 0.5) is 11.4 Å². The maximum absolute atomic E-state index is 12.1. The number of amides is 1. The van der Waals surface area contributed by atoms with Gasteiger partial charge in [-0.05, 0) is 12.1 Å². The Balaban J connectivity index is 2.16. The molecule has 0 aliphatic rings. The van der Waals surface area contributed by atoms with Crippen LogP contribution < -0.4 is 15.4 Å². The Bertz CT molecular complexity index is 569. The van der Waals surface area contributed by atoms with Crippen LogP contribution in [0.3, 0.4) is 0 Å². The van der Waals surface area contributed by atoms with E-state index in [4.69, 9.17) is 4.74 Å². The lowest BCUT2D eigenvalue weighted by atomic mass is 10.2. The number of hydrogen-bond acceptors (Lipinski definition) is 5. The largest absolute Gasteiger partial charge is 0.481 e. The van der Waals surface area contributed by atoms with E-state index < -0.39 is 0 Å². The van der Waals surface area contributed by atoms with E-state index in [9.17, 15) is 4.79 Å². The summed E-state index contributed by atoms with van der Waals surface area (Å²) in [6.07, 6.45) is 4.67. The summed E-state index contributed by atoms with van der Waals surface area (Å²) in [5.41, 5.74) is 1.78. The quantitative estimate of drug-likeness (QED) is 0.874. The highest BCUT2D eigenvalue weighted by Gasteiger charge is 2.11. The highest BCUT2D eigenvalue weighted by Crippen LogP contribution is 2.16. The van der Waals surface area contributed by atoms with Crippen molar-refractivity contribution in [2.24, 2.45) is 0 Å². The number of carbonyl (C=O) groups is 1. The summed E-state index contributed by atoms with van der Waals surface area (Å²) < 4.78 is 4.95. The molecule has 2 aromatic rings. The second-order valence-electron chi connectivity index (χ2n) is 3.71. The highest BCUT2D eigenvalue weighted by atomic mass is 16.5. The van der Waals surface area contributed by atoms with Crippen molar-refractivity contribution >= 4 is 17.3 Å². The standard InChI is InChI=1S/C13H14N4O2/c1-14-11-5-6-15-8-10(11)13(18)17-9-3-4-12(19-2)16-7-9/h3-8H,1-2H3,(H,14,15)(H,17,18). The van der Waals surface area contributed by atoms with Gasteiger partial charge in [-0.15, -0.1) is 0 Å². The third-order valence-electron chi connectivity index (χ3n) is 2.54. The van der Waals surface area contributed by atoms with Crippen molar-refractivity contribution in [3.05, 3.63) is 42.4 Å². The van der Waals surface area contributed by atoms with Gasteiger partial charge < -0.3 is 15.4 Å². The van der Waals surface area contributed by atoms with E-state index in [1.807, 2.05) is 0 Å². The summed E-state index contributed by atoms with van der Waals surface area (Å²) in [7, 11) is 3.29. The van der Waals surface area contributed by atoms with Gasteiger partial charge in [0.15, 0.2) is 0 Å². The van der Waals surface area contributed by atoms with Crippen LogP contribution in [0.15, 0.2) is 36.8 Å². The third kappa shape index (κ3) is 2.98. The van der Waals surface area contributed by atoms with Gasteiger partial charge in [0.05, 0.1) is 24.6 Å². The van der Waals surface area contributed by atoms with E-state index in [0.717, 1.165) is 0 Å². The molecule has 2 N–H and O–H groups in total. The predicted molar refractivity (Wildman–Crippen MR) is 72.5 cm³/mol. The minimum Gasteiger partial charge on any atom is -0.481 e. The van der Waals surface area contributed by atoms with Crippen molar-refractivity contribution in [1.82, 2.24) is 9.97 Å². The molecule has 0 aromatic carbocycles. The maximum Gasteiger partial charge on any atom is 0.259 e. The van der Waals surface area contributed by atoms with Gasteiger partial charge in [0.1, 0.15) is 0 Å². The minimum atomic E-state index is -0.246. The van der Waals surface area contributed by atoms with Gasteiger partial charge in [-0.2, -0.15) is 0 Å². The fraction of sp³-hybridized carbons (Fsp3) is 0.154. The first kappa shape index (κ1) is 12.8. The molecule has 0 bridgehead atoms. The fourth-order valence-corrected chi connectivity index (χ4v) is 1.57. The molecular formula is C13H14N4O2. The molecule has 98 valence electrons. The zero-order valence-electron chi connectivity index (χ0n) is 10.7. The van der Waals surface area contributed by atoms with Crippen molar-refractivity contribution in [3.63, 3.8) is 0 Å². The SMILES string of the molecule is CNc1ccncc1C(=O)Nc1ccc(OC)nc1. The predicted octanol–water partition coefficient (Wildman–Crippen LogP) is 1.78. The number of pyridine rings is 2. The summed E-state index contributed by atoms with van der Waals surface area (Å²) in [5.74, 6) is 0.250. The molecule has 0 aliphatic heterocycles. The molecule has 2 rings (SSSR count). The number of ether oxygens (including phenoxy) is 1. The van der Waals surface area contributed by atoms with E-state index in [1.165, 1.54) is 19.5 Å². The zero-order valence-corrected chi connectivity index (χ0v) is 10.7. The van der Waals surface area contributed by atoms with Gasteiger partial charge >= 0.3 is 0 Å². The molecule has 2 heterocycles. The summed E-state index contributed by atoms with van der Waals surface area (Å²) in [6.45, 7) is 0. The molecule has 0 fully saturated rings. The highest BCUT2D eigenvalue weighted by molar-refractivity contribution is 6.07. The summed E-state index contributed by atoms with van der Waals surface area (Å²) in [5, 5.41) is 5.69. The zero-order chi connectivity index (χ0) is 13.7. The maximum atomic E-state index is 12.1. The van der Waals surface area contributed by atoms with E-state index in [-0.39, 0.29) is 5.91 Å². The number of methoxy groups -OCH3 is 1. The Kier molecular flexibility index (Phi) is 3.92. The molecule has 0 atom stereocenters. The Morgan fingerprint density at radius 1 is 1.26 bits per heavy atom. The Labute approximate surface area is 110 Å². The first-order valence-corrected chi connectivity index (χ1v) is 5.67. The van der Waals surface area contributed by atoms with Crippen molar-refractivity contribution in [3.8, 4) is 5.88 Å². The first-order valence-electron chi connectivity index (χ1n) is 5.67. The van der Waals surface area contributed by atoms with Crippen molar-refractivity contribution in [1.29, 1.82) is 0 Å². The van der Waals surface area contributed by atoms with Crippen LogP contribution in [0, 0.1) is 0 Å². The molecule has 0 saturated carbocycles. The lowest BCUT2D eigenvalue weighted by Gasteiger charge is -2.09. The van der Waals surface area contributed by atoms with Crippen LogP contribution in [0.2, 0.25) is 0 Å². The number of nitrogens with zero attached hydrogens (tertiary/aromatic N) is 2. The Morgan fingerprint density at radius 2 is 2.11 bits per heavy atom. The molecule has 1 amide bonds. The average Bonchev–Trinajstić information content (AvgIpc) is 2.48. The van der Waals surface area contributed by atoms with E-state index in [1.54, 1.807) is 31.4 Å². The van der Waals surface area contributed by atoms with Crippen LogP contribution in [0.1, 0.15) is 10.4 Å². The molecule has 0 radical (unpaired) electrons. The van der Waals surface area contributed by atoms with E-state index in [0.29, 0.717) is 22.8 Å². The van der Waals surface area contributed by atoms with Crippen LogP contribution in [-0.2, 0) is 0 Å². The first-order chi connectivity index (χ1) is 9.24. The normalized spacial score (nSPS) is 9.79. The van der Waals surface area contributed by atoms with Crippen LogP contribution in [0.25, 0.3) is 0 Å². The van der Waals surface area contributed by atoms with E-state index >= 15 is 0 Å². The van der Waals surface area contributed by atoms with Gasteiger partial charge in [0, 0.05) is 31.2 Å². The van der Waals surface area contributed by atoms with Gasteiger partial charge in [0.2, 0.25) is 5.88 Å². The molecule has 19 heavy (non-hydrogen) atoms. The topological polar surface area (TPSA) is 76.1 Å². The molecule has 2 aromatic heterocycles. The summed E-state index contributed by atoms with van der Waals surface area (Å²) in [6, 6.07) is 5.14. The van der Waals surface area contributed by atoms with Crippen LogP contribution in [0.5, 0.6) is 5.88 Å². The second kappa shape index (κ2) is 5.81. The van der Waals surface area contributed by atoms with Gasteiger partial charge in [0.25, 0.3) is 5.91 Å². The number of rotatable bonds is 4. The molecule has 6 nitrogen and oxygen atoms in total. The average molecular weight is 258 g/mol. The van der Waals surface area contributed by atoms with E-state index in [2.05, 4.69) is 20.6 Å². The van der Waals surface area contributed by atoms with Crippen molar-refractivity contribution in [2.75, 3.05) is 24.8 Å². The number of anilines is 2.